The molecular weight excluding hydrogens is 518 g/mol. The Morgan fingerprint density at radius 2 is 0.636 bits per heavy atom. The summed E-state index contributed by atoms with van der Waals surface area (Å²) in [5, 5.41) is 0. The van der Waals surface area contributed by atoms with Crippen LogP contribution in [0.5, 0.6) is 0 Å². The van der Waals surface area contributed by atoms with Crippen LogP contribution in [0.4, 0.5) is 0 Å². The fraction of sp³-hybridized carbons (Fsp3) is 0. The number of hydrogen-bond acceptors (Lipinski definition) is 14. The summed E-state index contributed by atoms with van der Waals surface area (Å²) in [5.74, 6) is 0. The summed E-state index contributed by atoms with van der Waals surface area (Å²) in [7, 11) is 0. The van der Waals surface area contributed by atoms with Gasteiger partial charge in [-0.3, -0.25) is 0 Å². The molecule has 0 radical (unpaired) electrons. The second-order valence-corrected chi connectivity index (χ2v) is 6.90. The van der Waals surface area contributed by atoms with Crippen molar-refractivity contribution in [1.82, 2.24) is 0 Å². The van der Waals surface area contributed by atoms with Crippen LogP contribution < -0.4 is 24.9 Å². The van der Waals surface area contributed by atoms with Gasteiger partial charge in [0.25, 0.3) is 0 Å². The van der Waals surface area contributed by atoms with Gasteiger partial charge < -0.3 is 0 Å². The monoisotopic (exact) mass is 522 g/mol. The summed E-state index contributed by atoms with van der Waals surface area (Å²) in [6, 6.07) is 0. The van der Waals surface area contributed by atoms with E-state index in [-0.39, 0.29) is 34.7 Å². The zero-order valence-corrected chi connectivity index (χ0v) is 16.8. The zero-order valence-electron chi connectivity index (χ0n) is 10.4. The quantitative estimate of drug-likeness (QED) is 0.279. The van der Waals surface area contributed by atoms with Crippen molar-refractivity contribution in [2.24, 2.45) is 0 Å². The molecule has 129 valence electrons. The van der Waals surface area contributed by atoms with Crippen LogP contribution in [0.15, 0.2) is 0 Å². The first-order valence-electron chi connectivity index (χ1n) is 3.11. The van der Waals surface area contributed by atoms with Crippen molar-refractivity contribution in [3.05, 3.63) is 0 Å². The molecule has 0 aromatic heterocycles. The molecule has 0 spiro atoms. The van der Waals surface area contributed by atoms with E-state index in [1.807, 2.05) is 0 Å². The van der Waals surface area contributed by atoms with Crippen LogP contribution in [0, 0.1) is 0 Å². The summed E-state index contributed by atoms with van der Waals surface area (Å²) >= 11 is -23.9. The van der Waals surface area contributed by atoms with E-state index >= 15 is 0 Å². The molecular formula is H3Al2Cr4O16. The van der Waals surface area contributed by atoms with Gasteiger partial charge in [-0.05, 0) is 0 Å². The number of hydrogen-bond donors (Lipinski definition) is 2. The van der Waals surface area contributed by atoms with Crippen LogP contribution in [0.1, 0.15) is 0 Å². The minimum absolute atomic E-state index is 0. The Balaban J connectivity index is -0.0000000408. The van der Waals surface area contributed by atoms with E-state index in [1.165, 1.54) is 0 Å². The Bertz CT molecular complexity index is 597. The van der Waals surface area contributed by atoms with Crippen LogP contribution in [0.3, 0.4) is 0 Å². The van der Waals surface area contributed by atoms with Crippen molar-refractivity contribution in [3.8, 4) is 0 Å². The van der Waals surface area contributed by atoms with Gasteiger partial charge in [-0.1, -0.05) is 0 Å². The molecule has 22 heteroatoms. The Morgan fingerprint density at radius 3 is 0.636 bits per heavy atom. The Hall–Kier alpha value is 1.27. The third-order valence-electron chi connectivity index (χ3n) is 0. The molecule has 22 heavy (non-hydrogen) atoms. The second kappa shape index (κ2) is 15.8. The van der Waals surface area contributed by atoms with Gasteiger partial charge in [0.15, 0.2) is 0 Å². The van der Waals surface area contributed by atoms with Gasteiger partial charge in [0.2, 0.25) is 0 Å². The molecule has 0 aliphatic carbocycles. The predicted molar refractivity (Wildman–Crippen MR) is 22.8 cm³/mol. The first kappa shape index (κ1) is 34.6. The van der Waals surface area contributed by atoms with E-state index in [0.717, 1.165) is 0 Å². The molecule has 0 aromatic rings. The molecule has 0 atom stereocenters. The van der Waals surface area contributed by atoms with Crippen molar-refractivity contribution < 1.29 is 118 Å². The van der Waals surface area contributed by atoms with Gasteiger partial charge >= 0.3 is 154 Å². The first-order valence-corrected chi connectivity index (χ1v) is 11.1. The van der Waals surface area contributed by atoms with Gasteiger partial charge in [-0.25, -0.2) is 0 Å². The fourth-order valence-corrected chi connectivity index (χ4v) is 0. The van der Waals surface area contributed by atoms with Gasteiger partial charge in [0, 0.05) is 0 Å². The van der Waals surface area contributed by atoms with Crippen LogP contribution in [-0.4, -0.2) is 44.0 Å². The van der Waals surface area contributed by atoms with Gasteiger partial charge in [-0.2, -0.15) is 0 Å². The van der Waals surface area contributed by atoms with E-state index in [0.29, 0.717) is 0 Å². The molecule has 0 saturated carbocycles. The van der Waals surface area contributed by atoms with Crippen LogP contribution in [0.2, 0.25) is 0 Å². The van der Waals surface area contributed by atoms with Gasteiger partial charge in [0.1, 0.15) is 0 Å². The topological polar surface area (TPSA) is 315 Å². The van der Waals surface area contributed by atoms with E-state index in [9.17, 15) is 0 Å². The Labute approximate surface area is 152 Å². The summed E-state index contributed by atoms with van der Waals surface area (Å²) in [4.78, 5) is 0. The maximum absolute atomic E-state index is 9.07. The Kier molecular flexibility index (Phi) is 24.8. The molecule has 0 aliphatic rings. The summed E-state index contributed by atoms with van der Waals surface area (Å²) in [5.41, 5.74) is 0. The summed E-state index contributed by atoms with van der Waals surface area (Å²) in [6.45, 7) is 0. The SMILES string of the molecule is [2H][Cr](=[O])(=[O])([OH])[OH].[Al+3].[Al+3].[O]=[Cr](=[O])([O-])[O-].[O]=[Cr](=[O])([O-])[O-].[O]=[Cr](=[O])([O-])[O-]. The molecule has 0 aliphatic heterocycles. The van der Waals surface area contributed by atoms with Crippen LogP contribution >= 0.6 is 0 Å². The normalized spacial score (nSPS) is 13.1. The third-order valence-corrected chi connectivity index (χ3v) is 0. The average Bonchev–Trinajstić information content (AvgIpc) is 1.59. The van der Waals surface area contributed by atoms with Crippen molar-refractivity contribution in [2.75, 3.05) is 0 Å². The zero-order chi connectivity index (χ0) is 18.9. The van der Waals surface area contributed by atoms with E-state index in [4.69, 9.17) is 64.6 Å². The molecule has 0 amide bonds. The molecule has 2 N–H and O–H groups in total. The molecule has 0 fully saturated rings. The Morgan fingerprint density at radius 1 is 0.636 bits per heavy atom. The molecule has 0 bridgehead atoms. The fourth-order valence-electron chi connectivity index (χ4n) is 0. The van der Waals surface area contributed by atoms with Crippen molar-refractivity contribution in [3.63, 3.8) is 0 Å². The van der Waals surface area contributed by atoms with Crippen molar-refractivity contribution >= 4 is 34.7 Å². The maximum atomic E-state index is 9.07. The first-order chi connectivity index (χ1) is 8.24. The van der Waals surface area contributed by atoms with Gasteiger partial charge in [0.05, 0.1) is 0 Å². The molecule has 0 rings (SSSR count). The number of rotatable bonds is 0. The standard InChI is InChI=1S/2Al.4Cr.2H2O.14O.H/h;;;;;;2*1H2;;;;;;;;;;;;;;;/q2*+3;;;;+2;;;;;;;;;;;6*-1;/p-2/i;;;;;;;;;;;;;;;;;;;;;;1+1. The van der Waals surface area contributed by atoms with Crippen molar-refractivity contribution in [1.29, 1.82) is 0.939 Å². The van der Waals surface area contributed by atoms with E-state index < -0.39 is 54.3 Å². The van der Waals surface area contributed by atoms with Crippen LogP contribution in [-0.2, 0) is 84.7 Å². The van der Waals surface area contributed by atoms with E-state index in [2.05, 4.69) is 0 Å². The predicted octanol–water partition coefficient (Wildman–Crippen LogP) is -10.2. The van der Waals surface area contributed by atoms with Crippen molar-refractivity contribution in [2.45, 2.75) is 0 Å². The second-order valence-electron chi connectivity index (χ2n) is 1.67. The molecule has 16 nitrogen and oxygen atoms in total. The van der Waals surface area contributed by atoms with Crippen LogP contribution in [0.25, 0.3) is 0 Å². The third kappa shape index (κ3) is 5380. The molecule has 0 aromatic carbocycles. The average molecular weight is 522 g/mol. The van der Waals surface area contributed by atoms with Gasteiger partial charge in [-0.15, -0.1) is 0 Å². The van der Waals surface area contributed by atoms with E-state index in [1.54, 1.807) is 0 Å². The minimum atomic E-state index is -6.62. The molecule has 0 unspecified atom stereocenters. The molecule has 0 saturated heterocycles. The molecule has 0 heterocycles. The summed E-state index contributed by atoms with van der Waals surface area (Å²) in [6.07, 6.45) is 0. The summed E-state index contributed by atoms with van der Waals surface area (Å²) < 4.78 is 141.